The van der Waals surface area contributed by atoms with Crippen LogP contribution >= 0.6 is 34.7 Å². The van der Waals surface area contributed by atoms with Crippen molar-refractivity contribution in [3.63, 3.8) is 0 Å². The molecular formula is C16H11ClN4O3S2. The Labute approximate surface area is 161 Å². The van der Waals surface area contributed by atoms with E-state index in [1.807, 2.05) is 30.3 Å². The SMILES string of the molecule is O=C(Nc1nnc(SCc2ccccc2)s1)c1ccc([N+](=O)[O-])cc1Cl. The highest BCUT2D eigenvalue weighted by Crippen LogP contribution is 2.29. The number of non-ortho nitro benzene ring substituents is 1. The van der Waals surface area contributed by atoms with Crippen molar-refractivity contribution in [2.24, 2.45) is 0 Å². The molecule has 2 aromatic carbocycles. The van der Waals surface area contributed by atoms with E-state index in [0.29, 0.717) is 5.13 Å². The molecule has 1 heterocycles. The Balaban J connectivity index is 1.63. The molecule has 0 unspecified atom stereocenters. The highest BCUT2D eigenvalue weighted by molar-refractivity contribution is 8.00. The van der Waals surface area contributed by atoms with Crippen LogP contribution in [0.4, 0.5) is 10.8 Å². The number of halogens is 1. The summed E-state index contributed by atoms with van der Waals surface area (Å²) in [5, 5.41) is 21.6. The molecular weight excluding hydrogens is 396 g/mol. The van der Waals surface area contributed by atoms with Crippen molar-refractivity contribution < 1.29 is 9.72 Å². The van der Waals surface area contributed by atoms with Crippen molar-refractivity contribution in [1.29, 1.82) is 0 Å². The summed E-state index contributed by atoms with van der Waals surface area (Å²) in [6, 6.07) is 13.6. The third-order valence-corrected chi connectivity index (χ3v) is 5.60. The van der Waals surface area contributed by atoms with Crippen LogP contribution in [0, 0.1) is 10.1 Å². The van der Waals surface area contributed by atoms with Gasteiger partial charge in [-0.05, 0) is 11.6 Å². The van der Waals surface area contributed by atoms with E-state index in [2.05, 4.69) is 15.5 Å². The summed E-state index contributed by atoms with van der Waals surface area (Å²) in [7, 11) is 0. The summed E-state index contributed by atoms with van der Waals surface area (Å²) in [6.45, 7) is 0. The fraction of sp³-hybridized carbons (Fsp3) is 0.0625. The van der Waals surface area contributed by atoms with E-state index in [1.165, 1.54) is 35.2 Å². The number of nitrogens with zero attached hydrogens (tertiary/aromatic N) is 3. The Morgan fingerprint density at radius 2 is 2.00 bits per heavy atom. The van der Waals surface area contributed by atoms with Crippen molar-refractivity contribution >= 4 is 51.4 Å². The van der Waals surface area contributed by atoms with Gasteiger partial charge in [0.2, 0.25) is 5.13 Å². The molecule has 132 valence electrons. The maximum absolute atomic E-state index is 12.3. The molecule has 3 aromatic rings. The van der Waals surface area contributed by atoms with E-state index in [1.54, 1.807) is 0 Å². The minimum Gasteiger partial charge on any atom is -0.296 e. The van der Waals surface area contributed by atoms with Crippen LogP contribution in [0.15, 0.2) is 52.9 Å². The Hall–Kier alpha value is -2.49. The van der Waals surface area contributed by atoms with Crippen LogP contribution in [0.5, 0.6) is 0 Å². The van der Waals surface area contributed by atoms with Crippen molar-refractivity contribution in [3.8, 4) is 0 Å². The van der Waals surface area contributed by atoms with E-state index in [4.69, 9.17) is 11.6 Å². The number of carbonyl (C=O) groups is 1. The zero-order chi connectivity index (χ0) is 18.5. The lowest BCUT2D eigenvalue weighted by Crippen LogP contribution is -2.12. The topological polar surface area (TPSA) is 98.0 Å². The summed E-state index contributed by atoms with van der Waals surface area (Å²) in [5.41, 5.74) is 1.11. The number of hydrogen-bond donors (Lipinski definition) is 1. The predicted octanol–water partition coefficient (Wildman–Crippen LogP) is 4.64. The second-order valence-corrected chi connectivity index (χ2v) is 7.63. The van der Waals surface area contributed by atoms with Crippen LogP contribution in [0.2, 0.25) is 5.02 Å². The fourth-order valence-electron chi connectivity index (χ4n) is 2.00. The number of thioether (sulfide) groups is 1. The first-order valence-electron chi connectivity index (χ1n) is 7.28. The molecule has 7 nitrogen and oxygen atoms in total. The maximum atomic E-state index is 12.3. The van der Waals surface area contributed by atoms with E-state index in [0.717, 1.165) is 21.7 Å². The molecule has 0 atom stereocenters. The van der Waals surface area contributed by atoms with E-state index >= 15 is 0 Å². The van der Waals surface area contributed by atoms with Crippen LogP contribution in [0.25, 0.3) is 0 Å². The first-order chi connectivity index (χ1) is 12.5. The van der Waals surface area contributed by atoms with Gasteiger partial charge < -0.3 is 0 Å². The number of nitro groups is 1. The molecule has 10 heteroatoms. The largest absolute Gasteiger partial charge is 0.296 e. The van der Waals surface area contributed by atoms with Crippen LogP contribution < -0.4 is 5.32 Å². The Kier molecular flexibility index (Phi) is 5.82. The second-order valence-electron chi connectivity index (χ2n) is 5.02. The maximum Gasteiger partial charge on any atom is 0.270 e. The summed E-state index contributed by atoms with van der Waals surface area (Å²) < 4.78 is 0.721. The van der Waals surface area contributed by atoms with Crippen molar-refractivity contribution in [2.75, 3.05) is 5.32 Å². The smallest absolute Gasteiger partial charge is 0.270 e. The normalized spacial score (nSPS) is 10.5. The minimum absolute atomic E-state index is 0.000101. The fourth-order valence-corrected chi connectivity index (χ4v) is 3.97. The molecule has 26 heavy (non-hydrogen) atoms. The molecule has 3 rings (SSSR count). The van der Waals surface area contributed by atoms with Crippen LogP contribution in [-0.4, -0.2) is 21.0 Å². The number of hydrogen-bond acceptors (Lipinski definition) is 7. The molecule has 0 radical (unpaired) electrons. The molecule has 0 saturated carbocycles. The van der Waals surface area contributed by atoms with Crippen molar-refractivity contribution in [2.45, 2.75) is 10.1 Å². The molecule has 1 amide bonds. The first-order valence-corrected chi connectivity index (χ1v) is 9.46. The van der Waals surface area contributed by atoms with Gasteiger partial charge in [-0.25, -0.2) is 0 Å². The number of amides is 1. The molecule has 1 N–H and O–H groups in total. The second kappa shape index (κ2) is 8.26. The van der Waals surface area contributed by atoms with Crippen LogP contribution in [0.3, 0.4) is 0 Å². The first kappa shape index (κ1) is 18.3. The number of carbonyl (C=O) groups excluding carboxylic acids is 1. The quantitative estimate of drug-likeness (QED) is 0.277. The van der Waals surface area contributed by atoms with E-state index in [9.17, 15) is 14.9 Å². The Morgan fingerprint density at radius 3 is 2.69 bits per heavy atom. The predicted molar refractivity (Wildman–Crippen MR) is 102 cm³/mol. The Bertz CT molecular complexity index is 950. The van der Waals surface area contributed by atoms with Gasteiger partial charge in [0.05, 0.1) is 15.5 Å². The third-order valence-electron chi connectivity index (χ3n) is 3.24. The summed E-state index contributed by atoms with van der Waals surface area (Å²) in [5.74, 6) is 0.248. The van der Waals surface area contributed by atoms with Gasteiger partial charge in [0.1, 0.15) is 0 Å². The number of benzene rings is 2. The zero-order valence-corrected chi connectivity index (χ0v) is 15.5. The highest BCUT2D eigenvalue weighted by Gasteiger charge is 2.16. The summed E-state index contributed by atoms with van der Waals surface area (Å²) >= 11 is 8.72. The lowest BCUT2D eigenvalue weighted by Gasteiger charge is -2.03. The molecule has 0 aliphatic heterocycles. The van der Waals surface area contributed by atoms with Gasteiger partial charge in [0.25, 0.3) is 11.6 Å². The molecule has 0 aliphatic rings. The third kappa shape index (κ3) is 4.57. The molecule has 0 saturated heterocycles. The summed E-state index contributed by atoms with van der Waals surface area (Å²) in [6.07, 6.45) is 0. The monoisotopic (exact) mass is 406 g/mol. The molecule has 0 bridgehead atoms. The van der Waals surface area contributed by atoms with Gasteiger partial charge in [-0.15, -0.1) is 10.2 Å². The average Bonchev–Trinajstić information content (AvgIpc) is 3.08. The van der Waals surface area contributed by atoms with E-state index < -0.39 is 10.8 Å². The Morgan fingerprint density at radius 1 is 1.23 bits per heavy atom. The lowest BCUT2D eigenvalue weighted by atomic mass is 10.2. The van der Waals surface area contributed by atoms with Crippen molar-refractivity contribution in [3.05, 3.63) is 74.8 Å². The van der Waals surface area contributed by atoms with Gasteiger partial charge in [0, 0.05) is 17.9 Å². The number of nitro benzene ring substituents is 1. The van der Waals surface area contributed by atoms with Gasteiger partial charge >= 0.3 is 0 Å². The standard InChI is InChI=1S/C16H11ClN4O3S2/c17-13-8-11(21(23)24)6-7-12(13)14(22)18-15-19-20-16(26-15)25-9-10-4-2-1-3-5-10/h1-8H,9H2,(H,18,19,22). The lowest BCUT2D eigenvalue weighted by molar-refractivity contribution is -0.384. The summed E-state index contributed by atoms with van der Waals surface area (Å²) in [4.78, 5) is 22.4. The van der Waals surface area contributed by atoms with Gasteiger partial charge in [-0.2, -0.15) is 0 Å². The molecule has 0 fully saturated rings. The molecule has 0 aliphatic carbocycles. The van der Waals surface area contributed by atoms with Crippen LogP contribution in [-0.2, 0) is 5.75 Å². The zero-order valence-electron chi connectivity index (χ0n) is 13.1. The minimum atomic E-state index is -0.575. The average molecular weight is 407 g/mol. The van der Waals surface area contributed by atoms with Gasteiger partial charge in [0.15, 0.2) is 4.34 Å². The number of nitrogens with one attached hydrogen (secondary N) is 1. The van der Waals surface area contributed by atoms with Gasteiger partial charge in [-0.3, -0.25) is 20.2 Å². The highest BCUT2D eigenvalue weighted by atomic mass is 35.5. The number of aromatic nitrogens is 2. The molecule has 1 aromatic heterocycles. The van der Waals surface area contributed by atoms with E-state index in [-0.39, 0.29) is 16.3 Å². The molecule has 0 spiro atoms. The van der Waals surface area contributed by atoms with Crippen molar-refractivity contribution in [1.82, 2.24) is 10.2 Å². The van der Waals surface area contributed by atoms with Crippen LogP contribution in [0.1, 0.15) is 15.9 Å². The number of rotatable bonds is 6. The van der Waals surface area contributed by atoms with Gasteiger partial charge in [-0.1, -0.05) is 65.0 Å². The number of anilines is 1.